The topological polar surface area (TPSA) is 501 Å². The van der Waals surface area contributed by atoms with Gasteiger partial charge < -0.3 is 99.5 Å². The third-order valence-electron chi connectivity index (χ3n) is 16.5. The summed E-state index contributed by atoms with van der Waals surface area (Å²) in [5.74, 6) is -37.9. The molecule has 0 N–H and O–H groups in total. The van der Waals surface area contributed by atoms with E-state index in [9.17, 15) is 86.3 Å². The average Bonchev–Trinajstić information content (AvgIpc) is 0.701. The van der Waals surface area contributed by atoms with Crippen LogP contribution >= 0.6 is 0 Å². The molecule has 0 aromatic heterocycles. The zero-order valence-corrected chi connectivity index (χ0v) is 67.0. The Kier molecular flexibility index (Phi) is 27.5. The van der Waals surface area contributed by atoms with E-state index in [0.717, 1.165) is 185 Å². The molecule has 0 bridgehead atoms. The molecule has 3 aliphatic heterocycles. The van der Waals surface area contributed by atoms with Crippen LogP contribution in [0.25, 0.3) is 0 Å². The number of carbonyl (C=O) groups excluding carboxylic acids is 18. The molecule has 9 rings (SSSR count). The molecule has 8 atom stereocenters. The number of carbonyl (C=O) groups is 18. The van der Waals surface area contributed by atoms with Gasteiger partial charge in [0.2, 0.25) is 17.2 Å². The highest BCUT2D eigenvalue weighted by atomic mass is 16.6. The average molecular weight is 1670 g/mol. The summed E-state index contributed by atoms with van der Waals surface area (Å²) < 4.78 is 126. The van der Waals surface area contributed by atoms with Crippen molar-refractivity contribution in [2.45, 2.75) is 180 Å². The van der Waals surface area contributed by atoms with Gasteiger partial charge in [-0.3, -0.25) is 86.3 Å². The number of esters is 18. The lowest BCUT2D eigenvalue weighted by atomic mass is 9.73. The molecule has 0 aliphatic carbocycles. The standard InChI is InChI=1S/C81H74O39/c1-30(82)100-51-25-54(102-32(3)84)66-55(26-51)118-73(49-21-61(108-38(9)90)77(114-44(15)96)62(22-49)109-39(10)91)80(116-46(17)98)70(66)68-57(104-34(5)86)29-58(105-35(6)87)69-71(81(117-47(18)99)74(120-79(68)69)50-23-63(110-40(11)92)78(115-45(16)97)64(24-50)111-41(12)93)67-56(103-33(4)85)28-53(101-31(2)83)52-27-65(112-42(13)94)72(119-75(52)67)48-19-59(106-36(7)88)76(113-43(14)95)60(20-48)107-37(8)89/h19-26,28-29,65,70-74,80-81H,27H2,1-18H3. The third-order valence-corrected chi connectivity index (χ3v) is 16.5. The van der Waals surface area contributed by atoms with Gasteiger partial charge in [0.25, 0.3) is 0 Å². The van der Waals surface area contributed by atoms with E-state index >= 15 is 0 Å². The Morgan fingerprint density at radius 3 is 0.817 bits per heavy atom. The fourth-order valence-electron chi connectivity index (χ4n) is 13.4. The fourth-order valence-corrected chi connectivity index (χ4v) is 13.4. The first-order valence-electron chi connectivity index (χ1n) is 35.7. The second-order valence-electron chi connectivity index (χ2n) is 26.5. The summed E-state index contributed by atoms with van der Waals surface area (Å²) in [5, 5.41) is 0. The minimum atomic E-state index is -2.36. The van der Waals surface area contributed by atoms with Gasteiger partial charge in [0.15, 0.2) is 65.0 Å². The number of hydrogen-bond donors (Lipinski definition) is 0. The van der Waals surface area contributed by atoms with Crippen LogP contribution in [0, 0.1) is 0 Å². The first-order chi connectivity index (χ1) is 56.2. The normalized spacial score (nSPS) is 17.0. The van der Waals surface area contributed by atoms with Crippen LogP contribution in [0.15, 0.2) is 60.7 Å². The molecule has 6 aromatic rings. The van der Waals surface area contributed by atoms with Gasteiger partial charge in [0, 0.05) is 200 Å². The largest absolute Gasteiger partial charge is 0.481 e. The molecule has 39 heteroatoms. The minimum absolute atomic E-state index is 0.321. The van der Waals surface area contributed by atoms with Crippen LogP contribution in [0.5, 0.6) is 103 Å². The highest BCUT2D eigenvalue weighted by Crippen LogP contribution is 2.65. The van der Waals surface area contributed by atoms with Gasteiger partial charge in [0.05, 0.1) is 11.8 Å². The molecule has 0 saturated heterocycles. The minimum Gasteiger partial charge on any atom is -0.481 e. The monoisotopic (exact) mass is 1670 g/mol. The molecule has 39 nitrogen and oxygen atoms in total. The van der Waals surface area contributed by atoms with E-state index in [1.54, 1.807) is 0 Å². The zero-order chi connectivity index (χ0) is 88.6. The predicted molar refractivity (Wildman–Crippen MR) is 392 cm³/mol. The van der Waals surface area contributed by atoms with Crippen LogP contribution in [0.2, 0.25) is 0 Å². The first-order valence-corrected chi connectivity index (χ1v) is 35.7. The van der Waals surface area contributed by atoms with Gasteiger partial charge in [0.1, 0.15) is 57.8 Å². The highest BCUT2D eigenvalue weighted by molar-refractivity contribution is 5.86. The lowest BCUT2D eigenvalue weighted by Gasteiger charge is -2.45. The van der Waals surface area contributed by atoms with Crippen LogP contribution in [0.1, 0.15) is 199 Å². The van der Waals surface area contributed by atoms with Gasteiger partial charge in [-0.2, -0.15) is 0 Å². The number of benzene rings is 6. The van der Waals surface area contributed by atoms with Crippen molar-refractivity contribution in [3.8, 4) is 103 Å². The molecule has 120 heavy (non-hydrogen) atoms. The van der Waals surface area contributed by atoms with Crippen molar-refractivity contribution >= 4 is 107 Å². The van der Waals surface area contributed by atoms with Crippen molar-refractivity contribution in [1.82, 2.24) is 0 Å². The van der Waals surface area contributed by atoms with Gasteiger partial charge >= 0.3 is 107 Å². The number of hydrogen-bond acceptors (Lipinski definition) is 39. The summed E-state index contributed by atoms with van der Waals surface area (Å²) in [6.07, 6.45) is -13.5. The lowest BCUT2D eigenvalue weighted by Crippen LogP contribution is -2.42. The Labute approximate surface area is 678 Å². The summed E-state index contributed by atoms with van der Waals surface area (Å²) in [5.41, 5.74) is -4.19. The van der Waals surface area contributed by atoms with E-state index in [1.165, 1.54) is 0 Å². The molecule has 0 spiro atoms. The molecular formula is C81H74O39. The molecule has 8 unspecified atom stereocenters. The van der Waals surface area contributed by atoms with Crippen molar-refractivity contribution in [1.29, 1.82) is 0 Å². The molecule has 3 aliphatic rings. The summed E-state index contributed by atoms with van der Waals surface area (Å²) in [7, 11) is 0. The van der Waals surface area contributed by atoms with Gasteiger partial charge in [-0.05, 0) is 36.4 Å². The summed E-state index contributed by atoms with van der Waals surface area (Å²) in [6.45, 7) is 16.4. The molecule has 0 amide bonds. The Morgan fingerprint density at radius 1 is 0.242 bits per heavy atom. The van der Waals surface area contributed by atoms with Crippen LogP contribution in [0.3, 0.4) is 0 Å². The van der Waals surface area contributed by atoms with Crippen LogP contribution in [-0.2, 0) is 107 Å². The number of fused-ring (bicyclic) bond motifs is 3. The van der Waals surface area contributed by atoms with Crippen molar-refractivity contribution in [2.75, 3.05) is 0 Å². The first kappa shape index (κ1) is 89.1. The number of rotatable bonds is 23. The molecule has 6 aromatic carbocycles. The van der Waals surface area contributed by atoms with E-state index in [0.29, 0.717) is 0 Å². The SMILES string of the molecule is CC(=O)Oc1cc(OC(C)=O)c2c(c1)OC(c1cc(OC(C)=O)c(OC(C)=O)c(OC(C)=O)c1)C(OC(C)=O)C2c1c(OC(C)=O)cc(OC(C)=O)c2c1OC(c1cc(OC(C)=O)c(OC(C)=O)c(OC(C)=O)c1)C(OC(C)=O)C2c1c(OC(C)=O)cc(OC(C)=O)c2c1OC(c1cc(OC(C)=O)c(OC(C)=O)c(OC(C)=O)c1)C(OC(C)=O)C2. The second-order valence-corrected chi connectivity index (χ2v) is 26.5. The second kappa shape index (κ2) is 37.0. The zero-order valence-electron chi connectivity index (χ0n) is 67.0. The summed E-state index contributed by atoms with van der Waals surface area (Å²) in [6, 6.07) is 9.65. The Hall–Kier alpha value is -14.8. The molecule has 0 radical (unpaired) electrons. The predicted octanol–water partition coefficient (Wildman–Crippen LogP) is 8.57. The Bertz CT molecular complexity index is 5260. The molecule has 632 valence electrons. The van der Waals surface area contributed by atoms with Crippen LogP contribution in [0.4, 0.5) is 0 Å². The van der Waals surface area contributed by atoms with Crippen LogP contribution in [-0.4, -0.2) is 126 Å². The fraction of sp³-hybridized carbons (Fsp3) is 0.333. The van der Waals surface area contributed by atoms with Gasteiger partial charge in [-0.1, -0.05) is 0 Å². The molecular weight excluding hydrogens is 1600 g/mol. The smallest absolute Gasteiger partial charge is 0.308 e. The number of ether oxygens (including phenoxy) is 21. The Balaban J connectivity index is 1.63. The van der Waals surface area contributed by atoms with Gasteiger partial charge in [-0.15, -0.1) is 0 Å². The van der Waals surface area contributed by atoms with E-state index < -0.39 is 299 Å². The van der Waals surface area contributed by atoms with E-state index in [1.807, 2.05) is 0 Å². The maximum atomic E-state index is 14.7. The van der Waals surface area contributed by atoms with E-state index in [2.05, 4.69) is 0 Å². The van der Waals surface area contributed by atoms with Gasteiger partial charge in [-0.25, -0.2) is 0 Å². The van der Waals surface area contributed by atoms with Crippen molar-refractivity contribution in [3.05, 3.63) is 105 Å². The van der Waals surface area contributed by atoms with Crippen LogP contribution < -0.4 is 85.3 Å². The highest BCUT2D eigenvalue weighted by Gasteiger charge is 2.55. The van der Waals surface area contributed by atoms with E-state index in [4.69, 9.17) is 99.5 Å². The van der Waals surface area contributed by atoms with Crippen molar-refractivity contribution in [2.24, 2.45) is 0 Å². The lowest BCUT2D eigenvalue weighted by molar-refractivity contribution is -0.155. The summed E-state index contributed by atoms with van der Waals surface area (Å²) >= 11 is 0. The maximum absolute atomic E-state index is 14.7. The van der Waals surface area contributed by atoms with Crippen molar-refractivity contribution in [3.63, 3.8) is 0 Å². The molecule has 0 saturated carbocycles. The molecule has 3 heterocycles. The van der Waals surface area contributed by atoms with Crippen molar-refractivity contribution < 1.29 is 186 Å². The summed E-state index contributed by atoms with van der Waals surface area (Å²) in [4.78, 5) is 244. The molecule has 0 fully saturated rings. The van der Waals surface area contributed by atoms with E-state index in [-0.39, 0.29) is 11.1 Å². The maximum Gasteiger partial charge on any atom is 0.308 e. The third kappa shape index (κ3) is 21.2. The Morgan fingerprint density at radius 2 is 0.500 bits per heavy atom. The quantitative estimate of drug-likeness (QED) is 0.0329.